The minimum atomic E-state index is -1.48. The lowest BCUT2D eigenvalue weighted by molar-refractivity contribution is -0.162. The van der Waals surface area contributed by atoms with Gasteiger partial charge in [-0.2, -0.15) is 0 Å². The van der Waals surface area contributed by atoms with E-state index in [1.54, 1.807) is 24.3 Å². The standard InChI is InChI=1S/C20H27N3O7/c1-11(15(19(27)29-3)20(28)30-4)16(17(21)25)23-18(26)14(22-12(2)24)10-13-8-6-5-7-9-13/h5-9,11,14-16H,10H2,1-4H3,(H2,21,25)(H,22,24)(H,23,26)/t11-,14+,16-/m0/s1. The Morgan fingerprint density at radius 1 is 0.967 bits per heavy atom. The van der Waals surface area contributed by atoms with Crippen LogP contribution in [0.4, 0.5) is 0 Å². The predicted molar refractivity (Wildman–Crippen MR) is 106 cm³/mol. The van der Waals surface area contributed by atoms with Crippen molar-refractivity contribution in [3.63, 3.8) is 0 Å². The number of carbonyl (C=O) groups is 5. The number of esters is 2. The first-order valence-corrected chi connectivity index (χ1v) is 9.18. The van der Waals surface area contributed by atoms with Gasteiger partial charge in [-0.25, -0.2) is 0 Å². The van der Waals surface area contributed by atoms with E-state index in [-0.39, 0.29) is 6.42 Å². The van der Waals surface area contributed by atoms with Crippen LogP contribution in [0.25, 0.3) is 0 Å². The van der Waals surface area contributed by atoms with E-state index in [0.29, 0.717) is 0 Å². The molecule has 10 nitrogen and oxygen atoms in total. The average molecular weight is 421 g/mol. The van der Waals surface area contributed by atoms with Gasteiger partial charge in [-0.3, -0.25) is 24.0 Å². The van der Waals surface area contributed by atoms with Gasteiger partial charge in [-0.15, -0.1) is 0 Å². The molecule has 0 saturated heterocycles. The minimum absolute atomic E-state index is 0.156. The van der Waals surface area contributed by atoms with Crippen molar-refractivity contribution in [1.82, 2.24) is 10.6 Å². The highest BCUT2D eigenvalue weighted by molar-refractivity contribution is 5.97. The van der Waals surface area contributed by atoms with Gasteiger partial charge in [-0.1, -0.05) is 37.3 Å². The van der Waals surface area contributed by atoms with E-state index in [4.69, 9.17) is 5.73 Å². The molecule has 0 aliphatic heterocycles. The van der Waals surface area contributed by atoms with Crippen LogP contribution < -0.4 is 16.4 Å². The molecule has 0 saturated carbocycles. The van der Waals surface area contributed by atoms with E-state index in [2.05, 4.69) is 20.1 Å². The molecule has 0 fully saturated rings. The van der Waals surface area contributed by atoms with Crippen molar-refractivity contribution >= 4 is 29.7 Å². The lowest BCUT2D eigenvalue weighted by Gasteiger charge is -2.28. The first kappa shape index (κ1) is 24.6. The second kappa shape index (κ2) is 11.5. The Morgan fingerprint density at radius 2 is 1.50 bits per heavy atom. The van der Waals surface area contributed by atoms with Crippen molar-refractivity contribution in [2.45, 2.75) is 32.4 Å². The molecule has 0 heterocycles. The zero-order valence-corrected chi connectivity index (χ0v) is 17.3. The van der Waals surface area contributed by atoms with Crippen molar-refractivity contribution in [2.24, 2.45) is 17.6 Å². The smallest absolute Gasteiger partial charge is 0.320 e. The molecule has 3 amide bonds. The lowest BCUT2D eigenvalue weighted by atomic mass is 9.86. The molecule has 1 aromatic carbocycles. The number of nitrogens with one attached hydrogen (secondary N) is 2. The number of primary amides is 1. The Morgan fingerprint density at radius 3 is 1.93 bits per heavy atom. The molecular formula is C20H27N3O7. The first-order chi connectivity index (χ1) is 14.1. The molecule has 0 aliphatic rings. The molecule has 30 heavy (non-hydrogen) atoms. The van der Waals surface area contributed by atoms with Crippen molar-refractivity contribution in [2.75, 3.05) is 14.2 Å². The predicted octanol–water partition coefficient (Wildman–Crippen LogP) is -0.698. The maximum atomic E-state index is 12.8. The van der Waals surface area contributed by atoms with Crippen LogP contribution in [0.5, 0.6) is 0 Å². The molecule has 4 N–H and O–H groups in total. The number of methoxy groups -OCH3 is 2. The molecule has 0 unspecified atom stereocenters. The van der Waals surface area contributed by atoms with Crippen molar-refractivity contribution in [3.05, 3.63) is 35.9 Å². The third kappa shape index (κ3) is 6.87. The Labute approximate surface area is 174 Å². The van der Waals surface area contributed by atoms with Crippen LogP contribution >= 0.6 is 0 Å². The summed E-state index contributed by atoms with van der Waals surface area (Å²) in [6.07, 6.45) is 0.156. The fraction of sp³-hybridized carbons (Fsp3) is 0.450. The van der Waals surface area contributed by atoms with Crippen molar-refractivity contribution in [1.29, 1.82) is 0 Å². The maximum Gasteiger partial charge on any atom is 0.320 e. The summed E-state index contributed by atoms with van der Waals surface area (Å²) in [4.78, 5) is 60.5. The quantitative estimate of drug-likeness (QED) is 0.333. The average Bonchev–Trinajstić information content (AvgIpc) is 2.71. The Kier molecular flexibility index (Phi) is 9.47. The SMILES string of the molecule is COC(=O)C(C(=O)OC)[C@H](C)[C@H](NC(=O)[C@@H](Cc1ccccc1)NC(C)=O)C(N)=O. The number of ether oxygens (including phenoxy) is 2. The molecule has 0 bridgehead atoms. The summed E-state index contributed by atoms with van der Waals surface area (Å²) in [5.74, 6) is -6.52. The van der Waals surface area contributed by atoms with E-state index >= 15 is 0 Å². The van der Waals surface area contributed by atoms with Crippen LogP contribution in [0.2, 0.25) is 0 Å². The largest absolute Gasteiger partial charge is 0.468 e. The third-order valence-electron chi connectivity index (χ3n) is 4.54. The summed E-state index contributed by atoms with van der Waals surface area (Å²) in [5, 5.41) is 4.96. The van der Waals surface area contributed by atoms with Gasteiger partial charge in [0.15, 0.2) is 5.92 Å². The van der Waals surface area contributed by atoms with E-state index in [1.807, 2.05) is 6.07 Å². The maximum absolute atomic E-state index is 12.8. The number of hydrogen-bond donors (Lipinski definition) is 3. The number of amides is 3. The van der Waals surface area contributed by atoms with Crippen LogP contribution in [0.3, 0.4) is 0 Å². The topological polar surface area (TPSA) is 154 Å². The summed E-state index contributed by atoms with van der Waals surface area (Å²) in [6.45, 7) is 2.64. The van der Waals surface area contributed by atoms with E-state index in [1.165, 1.54) is 13.8 Å². The fourth-order valence-electron chi connectivity index (χ4n) is 2.99. The molecular weight excluding hydrogens is 394 g/mol. The van der Waals surface area contributed by atoms with Gasteiger partial charge in [0, 0.05) is 19.3 Å². The van der Waals surface area contributed by atoms with Crippen LogP contribution in [0.1, 0.15) is 19.4 Å². The molecule has 1 aromatic rings. The van der Waals surface area contributed by atoms with Gasteiger partial charge in [-0.05, 0) is 5.56 Å². The molecule has 0 radical (unpaired) electrons. The number of carbonyl (C=O) groups excluding carboxylic acids is 5. The van der Waals surface area contributed by atoms with Gasteiger partial charge >= 0.3 is 11.9 Å². The van der Waals surface area contributed by atoms with E-state index in [9.17, 15) is 24.0 Å². The number of benzene rings is 1. The summed E-state index contributed by atoms with van der Waals surface area (Å²) < 4.78 is 9.22. The molecule has 164 valence electrons. The second-order valence-electron chi connectivity index (χ2n) is 6.71. The van der Waals surface area contributed by atoms with Crippen LogP contribution in [-0.4, -0.2) is 56.0 Å². The Balaban J connectivity index is 3.11. The van der Waals surface area contributed by atoms with E-state index < -0.39 is 53.6 Å². The highest BCUT2D eigenvalue weighted by atomic mass is 16.5. The van der Waals surface area contributed by atoms with E-state index in [0.717, 1.165) is 19.8 Å². The van der Waals surface area contributed by atoms with Crippen LogP contribution in [0.15, 0.2) is 30.3 Å². The van der Waals surface area contributed by atoms with Gasteiger partial charge < -0.3 is 25.8 Å². The molecule has 10 heteroatoms. The summed E-state index contributed by atoms with van der Waals surface area (Å²) in [7, 11) is 2.16. The molecule has 1 rings (SSSR count). The molecule has 3 atom stereocenters. The number of hydrogen-bond acceptors (Lipinski definition) is 7. The van der Waals surface area contributed by atoms with Gasteiger partial charge in [0.05, 0.1) is 14.2 Å². The van der Waals surface area contributed by atoms with Crippen molar-refractivity contribution in [3.8, 4) is 0 Å². The van der Waals surface area contributed by atoms with Gasteiger partial charge in [0.1, 0.15) is 12.1 Å². The zero-order chi connectivity index (χ0) is 22.8. The van der Waals surface area contributed by atoms with Gasteiger partial charge in [0.25, 0.3) is 0 Å². The lowest BCUT2D eigenvalue weighted by Crippen LogP contribution is -2.57. The fourth-order valence-corrected chi connectivity index (χ4v) is 2.99. The summed E-state index contributed by atoms with van der Waals surface area (Å²) in [5.41, 5.74) is 6.19. The molecule has 0 spiro atoms. The minimum Gasteiger partial charge on any atom is -0.468 e. The third-order valence-corrected chi connectivity index (χ3v) is 4.54. The Hall–Kier alpha value is -3.43. The van der Waals surface area contributed by atoms with Crippen LogP contribution in [-0.2, 0) is 39.9 Å². The first-order valence-electron chi connectivity index (χ1n) is 9.18. The highest BCUT2D eigenvalue weighted by Crippen LogP contribution is 2.20. The summed E-state index contributed by atoms with van der Waals surface area (Å²) >= 11 is 0. The van der Waals surface area contributed by atoms with Gasteiger partial charge in [0.2, 0.25) is 17.7 Å². The number of rotatable bonds is 10. The molecule has 0 aromatic heterocycles. The zero-order valence-electron chi connectivity index (χ0n) is 17.3. The molecule has 0 aliphatic carbocycles. The summed E-state index contributed by atoms with van der Waals surface area (Å²) in [6, 6.07) is 6.53. The number of nitrogens with two attached hydrogens (primary N) is 1. The van der Waals surface area contributed by atoms with Crippen LogP contribution in [0, 0.1) is 11.8 Å². The second-order valence-corrected chi connectivity index (χ2v) is 6.71. The Bertz CT molecular complexity index is 766. The highest BCUT2D eigenvalue weighted by Gasteiger charge is 2.41. The monoisotopic (exact) mass is 421 g/mol. The normalized spacial score (nSPS) is 13.5. The van der Waals surface area contributed by atoms with Crippen molar-refractivity contribution < 1.29 is 33.4 Å².